The molecule has 3 rings (SSSR count). The predicted octanol–water partition coefficient (Wildman–Crippen LogP) is 4.62. The highest BCUT2D eigenvalue weighted by atomic mass is 16.6. The molecule has 1 atom stereocenters. The van der Waals surface area contributed by atoms with Crippen LogP contribution in [0.2, 0.25) is 0 Å². The van der Waals surface area contributed by atoms with Crippen molar-refractivity contribution in [3.63, 3.8) is 0 Å². The zero-order chi connectivity index (χ0) is 19.4. The van der Waals surface area contributed by atoms with Gasteiger partial charge in [0.25, 0.3) is 0 Å². The number of hydrogen-bond donors (Lipinski definition) is 1. The fraction of sp³-hybridized carbons (Fsp3) is 0.364. The minimum atomic E-state index is -0.513. The largest absolute Gasteiger partial charge is 0.493 e. The summed E-state index contributed by atoms with van der Waals surface area (Å²) in [6, 6.07) is 15.8. The standard InChI is InChI=1S/C22H24N2O3/c1-22(2,3)27-21(25)24-14-17-10-11-26-20-12-15(8-9-19(17)20)18-7-5-4-6-16(18)13-23/h4-9,12,17H,10-11,14H2,1-3H3,(H,24,25)/t17-/m0/s1. The number of nitrogens with zero attached hydrogens (tertiary/aromatic N) is 1. The van der Waals surface area contributed by atoms with Gasteiger partial charge in [-0.15, -0.1) is 0 Å². The third kappa shape index (κ3) is 4.59. The van der Waals surface area contributed by atoms with Crippen molar-refractivity contribution in [3.8, 4) is 22.9 Å². The van der Waals surface area contributed by atoms with Gasteiger partial charge in [-0.25, -0.2) is 4.79 Å². The first-order valence-corrected chi connectivity index (χ1v) is 9.10. The number of hydrogen-bond acceptors (Lipinski definition) is 4. The minimum absolute atomic E-state index is 0.168. The van der Waals surface area contributed by atoms with Crippen molar-refractivity contribution in [2.24, 2.45) is 0 Å². The number of rotatable bonds is 3. The van der Waals surface area contributed by atoms with Gasteiger partial charge < -0.3 is 14.8 Å². The minimum Gasteiger partial charge on any atom is -0.493 e. The van der Waals surface area contributed by atoms with Crippen molar-refractivity contribution in [2.45, 2.75) is 38.7 Å². The molecule has 1 aliphatic rings. The Balaban J connectivity index is 1.77. The highest BCUT2D eigenvalue weighted by Crippen LogP contribution is 2.37. The smallest absolute Gasteiger partial charge is 0.407 e. The molecule has 0 aliphatic carbocycles. The second-order valence-electron chi connectivity index (χ2n) is 7.63. The SMILES string of the molecule is CC(C)(C)OC(=O)NC[C@@H]1CCOc2cc(-c3ccccc3C#N)ccc21. The van der Waals surface area contributed by atoms with Crippen LogP contribution in [0.15, 0.2) is 42.5 Å². The van der Waals surface area contributed by atoms with E-state index in [1.54, 1.807) is 0 Å². The van der Waals surface area contributed by atoms with Gasteiger partial charge in [0.1, 0.15) is 11.4 Å². The van der Waals surface area contributed by atoms with Crippen LogP contribution in [-0.4, -0.2) is 24.8 Å². The van der Waals surface area contributed by atoms with Gasteiger partial charge >= 0.3 is 6.09 Å². The molecule has 5 heteroatoms. The van der Waals surface area contributed by atoms with E-state index in [9.17, 15) is 10.1 Å². The lowest BCUT2D eigenvalue weighted by Crippen LogP contribution is -2.35. The lowest BCUT2D eigenvalue weighted by molar-refractivity contribution is 0.0521. The number of benzene rings is 2. The number of amides is 1. The molecule has 0 aromatic heterocycles. The third-order valence-corrected chi connectivity index (χ3v) is 4.43. The van der Waals surface area contributed by atoms with E-state index in [1.165, 1.54) is 0 Å². The van der Waals surface area contributed by atoms with E-state index >= 15 is 0 Å². The van der Waals surface area contributed by atoms with E-state index < -0.39 is 11.7 Å². The summed E-state index contributed by atoms with van der Waals surface area (Å²) in [6.45, 7) is 6.63. The van der Waals surface area contributed by atoms with Crippen LogP contribution in [0.1, 0.15) is 44.2 Å². The van der Waals surface area contributed by atoms with Gasteiger partial charge in [-0.1, -0.05) is 30.3 Å². The van der Waals surface area contributed by atoms with Crippen LogP contribution in [0.3, 0.4) is 0 Å². The quantitative estimate of drug-likeness (QED) is 0.863. The molecular weight excluding hydrogens is 340 g/mol. The van der Waals surface area contributed by atoms with Crippen LogP contribution in [0.25, 0.3) is 11.1 Å². The molecule has 0 bridgehead atoms. The Morgan fingerprint density at radius 2 is 2.07 bits per heavy atom. The van der Waals surface area contributed by atoms with Crippen molar-refractivity contribution in [1.29, 1.82) is 5.26 Å². The fourth-order valence-electron chi connectivity index (χ4n) is 3.20. The molecule has 1 amide bonds. The number of carbonyl (C=O) groups excluding carboxylic acids is 1. The number of fused-ring (bicyclic) bond motifs is 1. The van der Waals surface area contributed by atoms with Crippen molar-refractivity contribution >= 4 is 6.09 Å². The normalized spacial score (nSPS) is 15.9. The molecule has 2 aromatic rings. The molecule has 0 saturated heterocycles. The second-order valence-corrected chi connectivity index (χ2v) is 7.63. The fourth-order valence-corrected chi connectivity index (χ4v) is 3.20. The summed E-state index contributed by atoms with van der Waals surface area (Å²) in [5.41, 5.74) is 3.03. The van der Waals surface area contributed by atoms with Crippen LogP contribution in [0.5, 0.6) is 5.75 Å². The van der Waals surface area contributed by atoms with Crippen molar-refractivity contribution in [2.75, 3.05) is 13.2 Å². The van der Waals surface area contributed by atoms with Crippen LogP contribution in [0.4, 0.5) is 4.79 Å². The molecule has 0 saturated carbocycles. The van der Waals surface area contributed by atoms with E-state index in [-0.39, 0.29) is 5.92 Å². The Morgan fingerprint density at radius 1 is 1.30 bits per heavy atom. The Morgan fingerprint density at radius 3 is 2.81 bits per heavy atom. The molecule has 0 unspecified atom stereocenters. The Labute approximate surface area is 159 Å². The molecular formula is C22H24N2O3. The number of alkyl carbamates (subject to hydrolysis) is 1. The molecule has 140 valence electrons. The van der Waals surface area contributed by atoms with Gasteiger partial charge in [-0.2, -0.15) is 5.26 Å². The molecule has 2 aromatic carbocycles. The summed E-state index contributed by atoms with van der Waals surface area (Å²) in [4.78, 5) is 11.9. The maximum atomic E-state index is 11.9. The van der Waals surface area contributed by atoms with E-state index in [4.69, 9.17) is 9.47 Å². The molecule has 5 nitrogen and oxygen atoms in total. The Bertz CT molecular complexity index is 878. The highest BCUT2D eigenvalue weighted by Gasteiger charge is 2.24. The first-order valence-electron chi connectivity index (χ1n) is 9.10. The molecule has 1 heterocycles. The van der Waals surface area contributed by atoms with Gasteiger partial charge in [0.15, 0.2) is 0 Å². The summed E-state index contributed by atoms with van der Waals surface area (Å²) < 4.78 is 11.2. The van der Waals surface area contributed by atoms with E-state index in [1.807, 2.05) is 63.2 Å². The van der Waals surface area contributed by atoms with Gasteiger partial charge in [-0.05, 0) is 56.0 Å². The van der Waals surface area contributed by atoms with Crippen LogP contribution in [0, 0.1) is 11.3 Å². The number of nitrogens with one attached hydrogen (secondary N) is 1. The highest BCUT2D eigenvalue weighted by molar-refractivity contribution is 5.72. The zero-order valence-corrected chi connectivity index (χ0v) is 15.9. The molecule has 27 heavy (non-hydrogen) atoms. The molecule has 0 radical (unpaired) electrons. The zero-order valence-electron chi connectivity index (χ0n) is 15.9. The summed E-state index contributed by atoms with van der Waals surface area (Å²) >= 11 is 0. The molecule has 0 fully saturated rings. The summed E-state index contributed by atoms with van der Waals surface area (Å²) in [6.07, 6.45) is 0.423. The van der Waals surface area contributed by atoms with Gasteiger partial charge in [0, 0.05) is 12.5 Å². The first-order chi connectivity index (χ1) is 12.9. The summed E-state index contributed by atoms with van der Waals surface area (Å²) in [7, 11) is 0. The Hall–Kier alpha value is -3.00. The monoisotopic (exact) mass is 364 g/mol. The number of ether oxygens (including phenoxy) is 2. The van der Waals surface area contributed by atoms with E-state index in [2.05, 4.69) is 11.4 Å². The average molecular weight is 364 g/mol. The van der Waals surface area contributed by atoms with Crippen molar-refractivity contribution in [3.05, 3.63) is 53.6 Å². The summed E-state index contributed by atoms with van der Waals surface area (Å²) in [5, 5.41) is 12.2. The van der Waals surface area contributed by atoms with Crippen molar-refractivity contribution in [1.82, 2.24) is 5.32 Å². The third-order valence-electron chi connectivity index (χ3n) is 4.43. The van der Waals surface area contributed by atoms with Gasteiger partial charge in [-0.3, -0.25) is 0 Å². The molecule has 1 aliphatic heterocycles. The maximum Gasteiger partial charge on any atom is 0.407 e. The maximum absolute atomic E-state index is 11.9. The predicted molar refractivity (Wildman–Crippen MR) is 104 cm³/mol. The summed E-state index contributed by atoms with van der Waals surface area (Å²) in [5.74, 6) is 0.976. The van der Waals surface area contributed by atoms with Crippen LogP contribution >= 0.6 is 0 Å². The van der Waals surface area contributed by atoms with Gasteiger partial charge in [0.2, 0.25) is 0 Å². The van der Waals surface area contributed by atoms with Crippen LogP contribution in [-0.2, 0) is 4.74 Å². The lowest BCUT2D eigenvalue weighted by atomic mass is 9.90. The number of carbonyl (C=O) groups is 1. The van der Waals surface area contributed by atoms with Crippen molar-refractivity contribution < 1.29 is 14.3 Å². The van der Waals surface area contributed by atoms with E-state index in [0.717, 1.165) is 28.9 Å². The lowest BCUT2D eigenvalue weighted by Gasteiger charge is -2.27. The number of nitriles is 1. The van der Waals surface area contributed by atoms with Crippen LogP contribution < -0.4 is 10.1 Å². The van der Waals surface area contributed by atoms with E-state index in [0.29, 0.717) is 18.7 Å². The second kappa shape index (κ2) is 7.71. The molecule has 1 N–H and O–H groups in total. The first kappa shape index (κ1) is 18.8. The van der Waals surface area contributed by atoms with Gasteiger partial charge in [0.05, 0.1) is 18.2 Å². The average Bonchev–Trinajstić information content (AvgIpc) is 2.64. The topological polar surface area (TPSA) is 71.3 Å². The molecule has 0 spiro atoms. The Kier molecular flexibility index (Phi) is 5.36.